The third-order valence-corrected chi connectivity index (χ3v) is 7.43. The van der Waals surface area contributed by atoms with E-state index < -0.39 is 59.5 Å². The van der Waals surface area contributed by atoms with Crippen molar-refractivity contribution < 1.29 is 39.3 Å². The van der Waals surface area contributed by atoms with E-state index in [1.54, 1.807) is 13.8 Å². The summed E-state index contributed by atoms with van der Waals surface area (Å²) in [7, 11) is 0. The number of amides is 4. The van der Waals surface area contributed by atoms with Gasteiger partial charge in [-0.3, -0.25) is 24.2 Å². The molecule has 1 aliphatic heterocycles. The van der Waals surface area contributed by atoms with Crippen LogP contribution < -0.4 is 27.4 Å². The Kier molecular flexibility index (Phi) is 13.0. The van der Waals surface area contributed by atoms with Crippen LogP contribution in [0.4, 0.5) is 0 Å². The van der Waals surface area contributed by atoms with Crippen LogP contribution in [0.15, 0.2) is 23.2 Å². The third-order valence-electron chi connectivity index (χ3n) is 7.43. The number of carboxylic acid groups (broad SMARTS) is 1. The van der Waals surface area contributed by atoms with Gasteiger partial charge in [-0.25, -0.2) is 4.79 Å². The van der Waals surface area contributed by atoms with Crippen molar-refractivity contribution in [3.63, 3.8) is 0 Å². The Morgan fingerprint density at radius 2 is 1.74 bits per heavy atom. The zero-order chi connectivity index (χ0) is 32.3. The van der Waals surface area contributed by atoms with Crippen molar-refractivity contribution >= 4 is 35.6 Å². The molecule has 0 radical (unpaired) electrons. The van der Waals surface area contributed by atoms with E-state index in [0.29, 0.717) is 25.7 Å². The topological polar surface area (TPSA) is 250 Å². The summed E-state index contributed by atoms with van der Waals surface area (Å²) in [5.74, 6) is -4.91. The van der Waals surface area contributed by atoms with Gasteiger partial charge < -0.3 is 47.6 Å². The number of phenols is 2. The zero-order valence-corrected chi connectivity index (χ0v) is 24.7. The van der Waals surface area contributed by atoms with Gasteiger partial charge in [0.05, 0.1) is 5.56 Å². The van der Waals surface area contributed by atoms with Gasteiger partial charge in [-0.15, -0.1) is 0 Å². The lowest BCUT2D eigenvalue weighted by atomic mass is 9.97. The maximum Gasteiger partial charge on any atom is 0.326 e. The van der Waals surface area contributed by atoms with Gasteiger partial charge in [-0.2, -0.15) is 0 Å². The van der Waals surface area contributed by atoms with Crippen LogP contribution in [-0.2, 0) is 19.2 Å². The number of benzene rings is 1. The number of likely N-dealkylation sites (tertiary alicyclic amines) is 1. The average molecular weight is 606 g/mol. The number of hydrogen-bond donors (Lipinski definition) is 8. The van der Waals surface area contributed by atoms with E-state index in [1.807, 2.05) is 6.92 Å². The molecule has 2 rings (SSSR count). The van der Waals surface area contributed by atoms with Crippen molar-refractivity contribution in [3.05, 3.63) is 23.8 Å². The van der Waals surface area contributed by atoms with Gasteiger partial charge >= 0.3 is 5.97 Å². The molecule has 0 aromatic heterocycles. The molecule has 1 fully saturated rings. The number of phenolic OH excluding ortho intramolecular Hbond substituents is 2. The standard InChI is InChI=1S/C28H43N7O8/c1-4-15(3)22(25(40)32-18(5-2)27(42)43)34-24(39)20-9-7-13-35(20)26(41)19(8-6-12-31-28(29)30)33-23(38)17-14-16(36)10-11-21(17)37/h10-11,14-15,18-20,22,36-37H,4-9,12-13H2,1-3H3,(H,32,40)(H,33,38)(H,34,39)(H,42,43)(H4,29,30,31)/t15-,18+,19+,20+,22-/m1/s1. The monoisotopic (exact) mass is 605 g/mol. The highest BCUT2D eigenvalue weighted by Gasteiger charge is 2.40. The van der Waals surface area contributed by atoms with E-state index in [4.69, 9.17) is 11.5 Å². The first kappa shape index (κ1) is 34.6. The molecular formula is C28H43N7O8. The molecule has 1 saturated heterocycles. The number of guanidine groups is 1. The van der Waals surface area contributed by atoms with Gasteiger partial charge in [0.15, 0.2) is 5.96 Å². The maximum atomic E-state index is 13.8. The fourth-order valence-electron chi connectivity index (χ4n) is 4.76. The highest BCUT2D eigenvalue weighted by molar-refractivity contribution is 6.01. The number of carboxylic acids is 1. The third kappa shape index (κ3) is 9.75. The highest BCUT2D eigenvalue weighted by Crippen LogP contribution is 2.24. The summed E-state index contributed by atoms with van der Waals surface area (Å²) in [6.45, 7) is 5.59. The smallest absolute Gasteiger partial charge is 0.326 e. The Bertz CT molecular complexity index is 1200. The predicted molar refractivity (Wildman–Crippen MR) is 157 cm³/mol. The molecular weight excluding hydrogens is 562 g/mol. The molecule has 1 heterocycles. The SMILES string of the molecule is CC[C@H](NC(=O)[C@H](NC(=O)[C@@H]1CCCN1C(=O)[C@H](CCCN=C(N)N)NC(=O)c1cc(O)ccc1O)[C@H](C)CC)C(=O)O. The first-order chi connectivity index (χ1) is 20.3. The van der Waals surface area contributed by atoms with E-state index in [2.05, 4.69) is 20.9 Å². The lowest BCUT2D eigenvalue weighted by molar-refractivity contribution is -0.143. The normalized spacial score (nSPS) is 17.2. The number of carbonyl (C=O) groups excluding carboxylic acids is 4. The Labute approximate surface area is 250 Å². The molecule has 15 heteroatoms. The van der Waals surface area contributed by atoms with E-state index in [0.717, 1.165) is 12.1 Å². The Morgan fingerprint density at radius 1 is 1.05 bits per heavy atom. The van der Waals surface area contributed by atoms with E-state index >= 15 is 0 Å². The number of aromatic hydroxyl groups is 2. The molecule has 5 atom stereocenters. The van der Waals surface area contributed by atoms with Gasteiger partial charge in [0, 0.05) is 13.1 Å². The molecule has 1 aromatic carbocycles. The number of carbonyl (C=O) groups is 5. The Hall–Kier alpha value is -4.56. The van der Waals surface area contributed by atoms with Crippen LogP contribution in [0.3, 0.4) is 0 Å². The molecule has 0 unspecified atom stereocenters. The van der Waals surface area contributed by atoms with Crippen LogP contribution in [0.2, 0.25) is 0 Å². The second-order valence-electron chi connectivity index (χ2n) is 10.5. The minimum atomic E-state index is -1.19. The molecule has 4 amide bonds. The summed E-state index contributed by atoms with van der Waals surface area (Å²) in [6.07, 6.45) is 1.86. The minimum Gasteiger partial charge on any atom is -0.508 e. The Balaban J connectivity index is 2.26. The van der Waals surface area contributed by atoms with Gasteiger partial charge in [0.1, 0.15) is 35.7 Å². The zero-order valence-electron chi connectivity index (χ0n) is 24.7. The largest absolute Gasteiger partial charge is 0.508 e. The number of nitrogens with two attached hydrogens (primary N) is 2. The second-order valence-corrected chi connectivity index (χ2v) is 10.5. The number of aliphatic carboxylic acids is 1. The van der Waals surface area contributed by atoms with Gasteiger partial charge in [0.25, 0.3) is 5.91 Å². The maximum absolute atomic E-state index is 13.8. The number of hydrogen-bond acceptors (Lipinski definition) is 8. The summed E-state index contributed by atoms with van der Waals surface area (Å²) in [6, 6.07) is -0.823. The van der Waals surface area contributed by atoms with E-state index in [1.165, 1.54) is 11.0 Å². The number of aliphatic imine (C=N–C) groups is 1. The Morgan fingerprint density at radius 3 is 2.35 bits per heavy atom. The molecule has 1 aromatic rings. The van der Waals surface area contributed by atoms with Crippen LogP contribution >= 0.6 is 0 Å². The van der Waals surface area contributed by atoms with Gasteiger partial charge in [0.2, 0.25) is 17.7 Å². The van der Waals surface area contributed by atoms with Crippen LogP contribution in [0.5, 0.6) is 11.5 Å². The van der Waals surface area contributed by atoms with Crippen molar-refractivity contribution in [1.82, 2.24) is 20.9 Å². The second kappa shape index (κ2) is 16.2. The quantitative estimate of drug-likeness (QED) is 0.0563. The highest BCUT2D eigenvalue weighted by atomic mass is 16.4. The molecule has 0 saturated carbocycles. The van der Waals surface area contributed by atoms with Crippen LogP contribution in [0.1, 0.15) is 69.7 Å². The molecule has 10 N–H and O–H groups in total. The van der Waals surface area contributed by atoms with Crippen LogP contribution in [0, 0.1) is 5.92 Å². The van der Waals surface area contributed by atoms with E-state index in [-0.39, 0.29) is 49.1 Å². The lowest BCUT2D eigenvalue weighted by Crippen LogP contribution is -2.58. The summed E-state index contributed by atoms with van der Waals surface area (Å²) in [4.78, 5) is 69.9. The van der Waals surface area contributed by atoms with Gasteiger partial charge in [-0.1, -0.05) is 27.2 Å². The number of nitrogens with one attached hydrogen (secondary N) is 3. The lowest BCUT2D eigenvalue weighted by Gasteiger charge is -2.31. The first-order valence-corrected chi connectivity index (χ1v) is 14.3. The molecule has 43 heavy (non-hydrogen) atoms. The average Bonchev–Trinajstić information content (AvgIpc) is 3.46. The number of rotatable bonds is 15. The molecule has 1 aliphatic rings. The first-order valence-electron chi connectivity index (χ1n) is 14.3. The fraction of sp³-hybridized carbons (Fsp3) is 0.571. The number of nitrogens with zero attached hydrogens (tertiary/aromatic N) is 2. The molecule has 15 nitrogen and oxygen atoms in total. The van der Waals surface area contributed by atoms with Gasteiger partial charge in [-0.05, 0) is 56.2 Å². The summed E-state index contributed by atoms with van der Waals surface area (Å²) in [5, 5.41) is 37.0. The van der Waals surface area contributed by atoms with Crippen molar-refractivity contribution in [2.75, 3.05) is 13.1 Å². The summed E-state index contributed by atoms with van der Waals surface area (Å²) < 4.78 is 0. The van der Waals surface area contributed by atoms with Crippen molar-refractivity contribution in [1.29, 1.82) is 0 Å². The fourth-order valence-corrected chi connectivity index (χ4v) is 4.76. The van der Waals surface area contributed by atoms with E-state index in [9.17, 15) is 39.3 Å². The minimum absolute atomic E-state index is 0.0945. The molecule has 238 valence electrons. The van der Waals surface area contributed by atoms with Crippen molar-refractivity contribution in [2.24, 2.45) is 22.4 Å². The molecule has 0 bridgehead atoms. The summed E-state index contributed by atoms with van der Waals surface area (Å²) >= 11 is 0. The summed E-state index contributed by atoms with van der Waals surface area (Å²) in [5.41, 5.74) is 10.5. The van der Waals surface area contributed by atoms with Crippen LogP contribution in [-0.4, -0.2) is 93.0 Å². The van der Waals surface area contributed by atoms with Crippen molar-refractivity contribution in [2.45, 2.75) is 83.5 Å². The predicted octanol–water partition coefficient (Wildman–Crippen LogP) is -0.249. The molecule has 0 aliphatic carbocycles. The van der Waals surface area contributed by atoms with Crippen molar-refractivity contribution in [3.8, 4) is 11.5 Å². The molecule has 0 spiro atoms. The van der Waals surface area contributed by atoms with Crippen LogP contribution in [0.25, 0.3) is 0 Å².